The zero-order valence-electron chi connectivity index (χ0n) is 13.2. The maximum atomic E-state index is 12.1. The van der Waals surface area contributed by atoms with Crippen molar-refractivity contribution < 1.29 is 19.4 Å². The molecule has 0 radical (unpaired) electrons. The lowest BCUT2D eigenvalue weighted by atomic mass is 9.73. The predicted octanol–water partition coefficient (Wildman–Crippen LogP) is 2.76. The fraction of sp³-hybridized carbons (Fsp3) is 0.529. The minimum atomic E-state index is -0.880. The number of nitrogens with one attached hydrogen (secondary N) is 1. The molecular weight excluding hydrogens is 282 g/mol. The molecule has 2 rings (SSSR count). The molecule has 1 saturated carbocycles. The van der Waals surface area contributed by atoms with Gasteiger partial charge in [-0.2, -0.15) is 0 Å². The van der Waals surface area contributed by atoms with Crippen LogP contribution in [0.4, 0.5) is 0 Å². The van der Waals surface area contributed by atoms with E-state index in [-0.39, 0.29) is 18.1 Å². The summed E-state index contributed by atoms with van der Waals surface area (Å²) in [5, 5.41) is 11.9. The number of aliphatic carboxylic acids is 1. The molecule has 1 amide bonds. The van der Waals surface area contributed by atoms with Crippen LogP contribution in [0, 0.1) is 11.8 Å². The van der Waals surface area contributed by atoms with Gasteiger partial charge in [0, 0.05) is 0 Å². The number of hydrogen-bond acceptors (Lipinski definition) is 3. The first-order valence-corrected chi connectivity index (χ1v) is 7.68. The Balaban J connectivity index is 1.93. The number of carbonyl (C=O) groups excluding carboxylic acids is 1. The van der Waals surface area contributed by atoms with Gasteiger partial charge < -0.3 is 15.2 Å². The fourth-order valence-corrected chi connectivity index (χ4v) is 2.62. The van der Waals surface area contributed by atoms with Crippen molar-refractivity contribution in [1.82, 2.24) is 5.32 Å². The van der Waals surface area contributed by atoms with Crippen LogP contribution in [0.15, 0.2) is 24.3 Å². The minimum absolute atomic E-state index is 0.120. The summed E-state index contributed by atoms with van der Waals surface area (Å²) in [5.74, 6) is -1.19. The Labute approximate surface area is 130 Å². The molecule has 1 aromatic carbocycles. The number of carboxylic acids is 1. The number of rotatable bonds is 6. The Morgan fingerprint density at radius 1 is 1.14 bits per heavy atom. The normalized spacial score (nSPS) is 21.8. The summed E-state index contributed by atoms with van der Waals surface area (Å²) >= 11 is 0. The number of benzene rings is 1. The summed E-state index contributed by atoms with van der Waals surface area (Å²) in [6, 6.07) is 7.43. The maximum Gasteiger partial charge on any atom is 0.307 e. The zero-order valence-corrected chi connectivity index (χ0v) is 13.2. The van der Waals surface area contributed by atoms with E-state index in [1.54, 1.807) is 0 Å². The van der Waals surface area contributed by atoms with Gasteiger partial charge in [0.1, 0.15) is 5.75 Å². The molecule has 1 aromatic rings. The lowest BCUT2D eigenvalue weighted by Crippen LogP contribution is -2.44. The average Bonchev–Trinajstić information content (AvgIpc) is 2.36. The molecule has 0 saturated heterocycles. The summed E-state index contributed by atoms with van der Waals surface area (Å²) < 4.78 is 5.58. The molecule has 5 nitrogen and oxygen atoms in total. The summed E-state index contributed by atoms with van der Waals surface area (Å²) in [6.07, 6.45) is 1.36. The van der Waals surface area contributed by atoms with E-state index in [9.17, 15) is 9.59 Å². The third-order valence-corrected chi connectivity index (χ3v) is 4.04. The summed E-state index contributed by atoms with van der Waals surface area (Å²) in [6.45, 7) is 5.83. The second-order valence-electron chi connectivity index (χ2n) is 6.09. The first-order valence-electron chi connectivity index (χ1n) is 7.68. The van der Waals surface area contributed by atoms with Gasteiger partial charge in [-0.15, -0.1) is 0 Å². The van der Waals surface area contributed by atoms with E-state index in [1.165, 1.54) is 0 Å². The Morgan fingerprint density at radius 2 is 1.73 bits per heavy atom. The highest BCUT2D eigenvalue weighted by atomic mass is 16.5. The molecule has 3 unspecified atom stereocenters. The van der Waals surface area contributed by atoms with Crippen molar-refractivity contribution >= 4 is 11.9 Å². The van der Waals surface area contributed by atoms with Crippen LogP contribution in [0.2, 0.25) is 0 Å². The second-order valence-corrected chi connectivity index (χ2v) is 6.09. The summed E-state index contributed by atoms with van der Waals surface area (Å²) in [7, 11) is 0. The monoisotopic (exact) mass is 305 g/mol. The number of ether oxygens (including phenoxy) is 1. The molecule has 0 aromatic heterocycles. The Morgan fingerprint density at radius 3 is 2.18 bits per heavy atom. The molecule has 1 aliphatic carbocycles. The van der Waals surface area contributed by atoms with Crippen molar-refractivity contribution in [2.24, 2.45) is 11.8 Å². The predicted molar refractivity (Wildman–Crippen MR) is 82.6 cm³/mol. The molecule has 2 N–H and O–H groups in total. The van der Waals surface area contributed by atoms with Crippen LogP contribution in [0.1, 0.15) is 45.2 Å². The molecule has 5 heteroatoms. The van der Waals surface area contributed by atoms with Crippen LogP contribution in [0.3, 0.4) is 0 Å². The van der Waals surface area contributed by atoms with E-state index >= 15 is 0 Å². The Hall–Kier alpha value is -2.04. The van der Waals surface area contributed by atoms with E-state index < -0.39 is 17.8 Å². The molecule has 0 spiro atoms. The van der Waals surface area contributed by atoms with Gasteiger partial charge in [-0.1, -0.05) is 12.1 Å². The van der Waals surface area contributed by atoms with Gasteiger partial charge in [0.2, 0.25) is 5.91 Å². The quantitative estimate of drug-likeness (QED) is 0.847. The molecule has 1 fully saturated rings. The van der Waals surface area contributed by atoms with E-state index in [0.29, 0.717) is 12.8 Å². The second kappa shape index (κ2) is 6.81. The first-order chi connectivity index (χ1) is 10.4. The van der Waals surface area contributed by atoms with Gasteiger partial charge in [0.25, 0.3) is 0 Å². The van der Waals surface area contributed by atoms with Crippen LogP contribution in [0.5, 0.6) is 5.75 Å². The summed E-state index contributed by atoms with van der Waals surface area (Å²) in [4.78, 5) is 23.1. The highest BCUT2D eigenvalue weighted by Crippen LogP contribution is 2.35. The topological polar surface area (TPSA) is 75.6 Å². The van der Waals surface area contributed by atoms with Gasteiger partial charge in [-0.3, -0.25) is 9.59 Å². The molecule has 120 valence electrons. The van der Waals surface area contributed by atoms with E-state index in [4.69, 9.17) is 9.84 Å². The van der Waals surface area contributed by atoms with Crippen molar-refractivity contribution in [1.29, 1.82) is 0 Å². The Kier molecular flexibility index (Phi) is 5.06. The lowest BCUT2D eigenvalue weighted by Gasteiger charge is -2.33. The zero-order chi connectivity index (χ0) is 16.3. The molecule has 1 aliphatic rings. The van der Waals surface area contributed by atoms with Gasteiger partial charge in [0.15, 0.2) is 0 Å². The molecule has 3 atom stereocenters. The Bertz CT molecular complexity index is 538. The van der Waals surface area contributed by atoms with Crippen molar-refractivity contribution in [3.05, 3.63) is 29.8 Å². The van der Waals surface area contributed by atoms with Gasteiger partial charge in [-0.05, 0) is 51.3 Å². The number of amides is 1. The van der Waals surface area contributed by atoms with Crippen LogP contribution >= 0.6 is 0 Å². The number of carbonyl (C=O) groups is 2. The lowest BCUT2D eigenvalue weighted by molar-refractivity contribution is -0.152. The van der Waals surface area contributed by atoms with Gasteiger partial charge in [0.05, 0.1) is 24.0 Å². The smallest absolute Gasteiger partial charge is 0.307 e. The number of carboxylic acid groups (broad SMARTS) is 1. The minimum Gasteiger partial charge on any atom is -0.491 e. The maximum absolute atomic E-state index is 12.1. The highest BCUT2D eigenvalue weighted by molar-refractivity contribution is 5.86. The third-order valence-electron chi connectivity index (χ3n) is 4.04. The van der Waals surface area contributed by atoms with Crippen molar-refractivity contribution in [2.75, 3.05) is 0 Å². The largest absolute Gasteiger partial charge is 0.491 e. The van der Waals surface area contributed by atoms with Crippen molar-refractivity contribution in [2.45, 2.75) is 45.8 Å². The summed E-state index contributed by atoms with van der Waals surface area (Å²) in [5.41, 5.74) is 0.968. The van der Waals surface area contributed by atoms with Crippen molar-refractivity contribution in [3.63, 3.8) is 0 Å². The number of hydrogen-bond donors (Lipinski definition) is 2. The standard InChI is InChI=1S/C17H23NO4/c1-10(2)22-13-6-4-12(5-7-13)11(3)18-16(19)14-8-9-15(14)17(20)21/h4-7,10-11,14-15H,8-9H2,1-3H3,(H,18,19)(H,20,21). The van der Waals surface area contributed by atoms with Crippen LogP contribution in [-0.4, -0.2) is 23.1 Å². The molecular formula is C17H23NO4. The van der Waals surface area contributed by atoms with E-state index in [0.717, 1.165) is 11.3 Å². The first kappa shape index (κ1) is 16.3. The molecule has 22 heavy (non-hydrogen) atoms. The third kappa shape index (κ3) is 3.78. The van der Waals surface area contributed by atoms with Crippen LogP contribution < -0.4 is 10.1 Å². The molecule has 0 heterocycles. The van der Waals surface area contributed by atoms with Gasteiger partial charge in [-0.25, -0.2) is 0 Å². The molecule has 0 aliphatic heterocycles. The van der Waals surface area contributed by atoms with Crippen molar-refractivity contribution in [3.8, 4) is 5.75 Å². The fourth-order valence-electron chi connectivity index (χ4n) is 2.62. The highest BCUT2D eigenvalue weighted by Gasteiger charge is 2.41. The van der Waals surface area contributed by atoms with E-state index in [1.807, 2.05) is 45.0 Å². The molecule has 0 bridgehead atoms. The average molecular weight is 305 g/mol. The van der Waals surface area contributed by atoms with Crippen LogP contribution in [0.25, 0.3) is 0 Å². The van der Waals surface area contributed by atoms with E-state index in [2.05, 4.69) is 5.32 Å². The SMILES string of the molecule is CC(C)Oc1ccc(C(C)NC(=O)C2CCC2C(=O)O)cc1. The van der Waals surface area contributed by atoms with Gasteiger partial charge >= 0.3 is 5.97 Å². The van der Waals surface area contributed by atoms with Crippen LogP contribution in [-0.2, 0) is 9.59 Å².